The van der Waals surface area contributed by atoms with Crippen molar-refractivity contribution < 1.29 is 32.9 Å². The maximum atomic E-state index is 12.0. The highest BCUT2D eigenvalue weighted by Crippen LogP contribution is 2.43. The third-order valence-electron chi connectivity index (χ3n) is 4.17. The highest BCUT2D eigenvalue weighted by Gasteiger charge is 2.28. The molecular weight excluding hydrogens is 371 g/mol. The molecule has 0 saturated heterocycles. The van der Waals surface area contributed by atoms with Crippen molar-refractivity contribution in [2.45, 2.75) is 70.9 Å². The number of aliphatic hydroxyl groups excluding tert-OH is 1. The number of phosphoric acid groups is 1. The van der Waals surface area contributed by atoms with Gasteiger partial charge in [0.15, 0.2) is 0 Å². The molecule has 27 heavy (non-hydrogen) atoms. The number of nitrogens with one attached hydrogen (secondary N) is 1. The quantitative estimate of drug-likeness (QED) is 0.205. The Hall–Kier alpha value is -0.500. The summed E-state index contributed by atoms with van der Waals surface area (Å²) in [4.78, 5) is 21.5. The second kappa shape index (κ2) is 13.6. The SMILES string of the molecule is CCCCCCCC(O)C(COP(=O)(O)OCC[N+](C)(C)C)NC(=O)CC. The van der Waals surface area contributed by atoms with Gasteiger partial charge in [-0.3, -0.25) is 13.8 Å². The standard InChI is InChI=1S/C18H39N2O6P/c1-6-8-9-10-11-12-17(21)16(19-18(22)7-2)15-26-27(23,24)25-14-13-20(3,4)5/h16-17,21H,6-15H2,1-5H3,(H-,19,22,23,24)/p+1. The van der Waals surface area contributed by atoms with E-state index in [2.05, 4.69) is 12.2 Å². The van der Waals surface area contributed by atoms with Gasteiger partial charge in [0.2, 0.25) is 5.91 Å². The number of phosphoric ester groups is 1. The van der Waals surface area contributed by atoms with Gasteiger partial charge < -0.3 is 19.8 Å². The van der Waals surface area contributed by atoms with Gasteiger partial charge in [0, 0.05) is 6.42 Å². The number of aliphatic hydroxyl groups is 1. The van der Waals surface area contributed by atoms with Gasteiger partial charge in [0.25, 0.3) is 0 Å². The monoisotopic (exact) mass is 411 g/mol. The molecule has 0 aromatic rings. The third kappa shape index (κ3) is 15.1. The van der Waals surface area contributed by atoms with Crippen LogP contribution in [0, 0.1) is 0 Å². The molecule has 9 heteroatoms. The summed E-state index contributed by atoms with van der Waals surface area (Å²) < 4.78 is 22.6. The summed E-state index contributed by atoms with van der Waals surface area (Å²) in [6.45, 7) is 4.18. The van der Waals surface area contributed by atoms with E-state index in [4.69, 9.17) is 9.05 Å². The molecule has 0 heterocycles. The maximum absolute atomic E-state index is 12.0. The molecule has 3 N–H and O–H groups in total. The highest BCUT2D eigenvalue weighted by molar-refractivity contribution is 7.47. The molecule has 0 bridgehead atoms. The predicted octanol–water partition coefficient (Wildman–Crippen LogP) is 2.44. The number of nitrogens with zero attached hydrogens (tertiary/aromatic N) is 1. The predicted molar refractivity (Wildman–Crippen MR) is 106 cm³/mol. The zero-order valence-electron chi connectivity index (χ0n) is 17.6. The number of hydrogen-bond acceptors (Lipinski definition) is 5. The Morgan fingerprint density at radius 3 is 2.30 bits per heavy atom. The van der Waals surface area contributed by atoms with Crippen molar-refractivity contribution in [1.29, 1.82) is 0 Å². The molecule has 0 radical (unpaired) electrons. The lowest BCUT2D eigenvalue weighted by atomic mass is 10.0. The number of carbonyl (C=O) groups excluding carboxylic acids is 1. The van der Waals surface area contributed by atoms with Crippen LogP contribution in [-0.2, 0) is 18.4 Å². The fourth-order valence-corrected chi connectivity index (χ4v) is 3.09. The minimum Gasteiger partial charge on any atom is -0.391 e. The number of amides is 1. The van der Waals surface area contributed by atoms with Gasteiger partial charge in [0.05, 0.1) is 39.9 Å². The first-order valence-electron chi connectivity index (χ1n) is 9.90. The number of likely N-dealkylation sites (N-methyl/N-ethyl adjacent to an activating group) is 1. The fourth-order valence-electron chi connectivity index (χ4n) is 2.36. The molecule has 0 saturated carbocycles. The van der Waals surface area contributed by atoms with Crippen LogP contribution in [0.15, 0.2) is 0 Å². The molecule has 1 amide bonds. The molecule has 3 atom stereocenters. The Labute approximate surface area is 164 Å². The molecule has 0 rings (SSSR count). The summed E-state index contributed by atoms with van der Waals surface area (Å²) in [6.07, 6.45) is 5.17. The molecule has 0 aliphatic heterocycles. The average molecular weight is 412 g/mol. The number of quaternary nitrogens is 1. The van der Waals surface area contributed by atoms with Gasteiger partial charge in [-0.2, -0.15) is 0 Å². The van der Waals surface area contributed by atoms with Gasteiger partial charge in [-0.05, 0) is 6.42 Å². The van der Waals surface area contributed by atoms with E-state index in [1.54, 1.807) is 6.92 Å². The van der Waals surface area contributed by atoms with Crippen molar-refractivity contribution in [1.82, 2.24) is 5.32 Å². The van der Waals surface area contributed by atoms with Crippen molar-refractivity contribution in [2.75, 3.05) is 40.9 Å². The van der Waals surface area contributed by atoms with Crippen LogP contribution >= 0.6 is 7.82 Å². The van der Waals surface area contributed by atoms with Gasteiger partial charge in [-0.25, -0.2) is 4.57 Å². The first-order valence-corrected chi connectivity index (χ1v) is 11.4. The molecule has 162 valence electrons. The molecule has 8 nitrogen and oxygen atoms in total. The van der Waals surface area contributed by atoms with E-state index in [1.165, 1.54) is 0 Å². The Morgan fingerprint density at radius 2 is 1.74 bits per heavy atom. The zero-order valence-corrected chi connectivity index (χ0v) is 18.5. The largest absolute Gasteiger partial charge is 0.472 e. The topological polar surface area (TPSA) is 105 Å². The Bertz CT molecular complexity index is 456. The number of unbranched alkanes of at least 4 members (excludes halogenated alkanes) is 4. The smallest absolute Gasteiger partial charge is 0.391 e. The lowest BCUT2D eigenvalue weighted by Gasteiger charge is -2.26. The van der Waals surface area contributed by atoms with Crippen LogP contribution in [0.1, 0.15) is 58.8 Å². The summed E-state index contributed by atoms with van der Waals surface area (Å²) in [5, 5.41) is 13.0. The molecule has 0 fully saturated rings. The van der Waals surface area contributed by atoms with Gasteiger partial charge in [-0.1, -0.05) is 46.0 Å². The number of rotatable bonds is 16. The van der Waals surface area contributed by atoms with Gasteiger partial charge in [0.1, 0.15) is 13.2 Å². The Kier molecular flexibility index (Phi) is 13.4. The minimum absolute atomic E-state index is 0.0727. The lowest BCUT2D eigenvalue weighted by molar-refractivity contribution is -0.870. The van der Waals surface area contributed by atoms with Crippen LogP contribution in [0.2, 0.25) is 0 Å². The van der Waals surface area contributed by atoms with E-state index < -0.39 is 20.0 Å². The third-order valence-corrected chi connectivity index (χ3v) is 5.15. The van der Waals surface area contributed by atoms with Crippen molar-refractivity contribution in [3.63, 3.8) is 0 Å². The molecule has 0 aliphatic carbocycles. The van der Waals surface area contributed by atoms with Crippen molar-refractivity contribution in [3.05, 3.63) is 0 Å². The summed E-state index contributed by atoms with van der Waals surface area (Å²) in [5.41, 5.74) is 0. The van der Waals surface area contributed by atoms with Crippen LogP contribution in [0.3, 0.4) is 0 Å². The molecule has 0 aliphatic rings. The van der Waals surface area contributed by atoms with Crippen LogP contribution in [0.25, 0.3) is 0 Å². The van der Waals surface area contributed by atoms with Gasteiger partial charge in [-0.15, -0.1) is 0 Å². The molecule has 0 spiro atoms. The zero-order chi connectivity index (χ0) is 20.9. The highest BCUT2D eigenvalue weighted by atomic mass is 31.2. The fraction of sp³-hybridized carbons (Fsp3) is 0.944. The van der Waals surface area contributed by atoms with E-state index >= 15 is 0 Å². The van der Waals surface area contributed by atoms with E-state index in [9.17, 15) is 19.4 Å². The van der Waals surface area contributed by atoms with Crippen molar-refractivity contribution in [3.8, 4) is 0 Å². The van der Waals surface area contributed by atoms with E-state index in [1.807, 2.05) is 21.1 Å². The van der Waals surface area contributed by atoms with E-state index in [0.717, 1.165) is 32.1 Å². The van der Waals surface area contributed by atoms with Crippen LogP contribution in [0.4, 0.5) is 0 Å². The van der Waals surface area contributed by atoms with Gasteiger partial charge >= 0.3 is 7.82 Å². The molecular formula is C18H40N2O6P+. The summed E-state index contributed by atoms with van der Waals surface area (Å²) in [7, 11) is 1.60. The minimum atomic E-state index is -4.24. The first kappa shape index (κ1) is 26.5. The second-order valence-electron chi connectivity index (χ2n) is 7.91. The van der Waals surface area contributed by atoms with E-state index in [-0.39, 0.29) is 25.5 Å². The Morgan fingerprint density at radius 1 is 1.11 bits per heavy atom. The second-order valence-corrected chi connectivity index (χ2v) is 9.36. The maximum Gasteiger partial charge on any atom is 0.472 e. The van der Waals surface area contributed by atoms with E-state index in [0.29, 0.717) is 17.4 Å². The van der Waals surface area contributed by atoms with Crippen LogP contribution in [0.5, 0.6) is 0 Å². The summed E-state index contributed by atoms with van der Waals surface area (Å²) >= 11 is 0. The van der Waals surface area contributed by atoms with Crippen LogP contribution < -0.4 is 5.32 Å². The van der Waals surface area contributed by atoms with Crippen molar-refractivity contribution >= 4 is 13.7 Å². The average Bonchev–Trinajstić information content (AvgIpc) is 2.56. The summed E-state index contributed by atoms with van der Waals surface area (Å²) in [6, 6.07) is -0.744. The van der Waals surface area contributed by atoms with Crippen molar-refractivity contribution in [2.24, 2.45) is 0 Å². The number of hydrogen-bond donors (Lipinski definition) is 3. The molecule has 0 aromatic heterocycles. The summed E-state index contributed by atoms with van der Waals surface area (Å²) in [5.74, 6) is -0.243. The molecule has 3 unspecified atom stereocenters. The Balaban J connectivity index is 4.52. The van der Waals surface area contributed by atoms with Crippen LogP contribution in [-0.4, -0.2) is 73.4 Å². The lowest BCUT2D eigenvalue weighted by Crippen LogP contribution is -2.46. The normalized spacial score (nSPS) is 16.6. The first-order chi connectivity index (χ1) is 12.5. The molecule has 0 aromatic carbocycles. The number of carbonyl (C=O) groups is 1.